The summed E-state index contributed by atoms with van der Waals surface area (Å²) in [7, 11) is 0. The third kappa shape index (κ3) is 1.74. The van der Waals surface area contributed by atoms with E-state index >= 15 is 0 Å². The lowest BCUT2D eigenvalue weighted by molar-refractivity contribution is 0.560. The Morgan fingerprint density at radius 1 is 1.22 bits per heavy atom. The van der Waals surface area contributed by atoms with Gasteiger partial charge in [-0.05, 0) is 31.4 Å². The fourth-order valence-corrected chi connectivity index (χ4v) is 2.60. The molecule has 0 saturated carbocycles. The van der Waals surface area contributed by atoms with E-state index in [4.69, 9.17) is 10.2 Å². The summed E-state index contributed by atoms with van der Waals surface area (Å²) in [5, 5.41) is 0.912. The minimum Gasteiger partial charge on any atom is -0.423 e. The fourth-order valence-electron chi connectivity index (χ4n) is 2.60. The Morgan fingerprint density at radius 3 is 2.67 bits per heavy atom. The molecule has 0 aliphatic carbocycles. The van der Waals surface area contributed by atoms with Crippen molar-refractivity contribution in [2.75, 3.05) is 23.7 Å². The standard InChI is InChI=1S/C14H16N2O2/c1-9-6-14(17)18-13-8-12(11(15)7-10(9)13)16-4-2-3-5-16/h6-8H,2-5,15H2,1H3. The molecule has 1 aromatic heterocycles. The van der Waals surface area contributed by atoms with Gasteiger partial charge in [0.25, 0.3) is 0 Å². The van der Waals surface area contributed by atoms with Gasteiger partial charge in [-0.1, -0.05) is 0 Å². The predicted molar refractivity (Wildman–Crippen MR) is 73.1 cm³/mol. The predicted octanol–water partition coefficient (Wildman–Crippen LogP) is 2.28. The number of hydrogen-bond acceptors (Lipinski definition) is 4. The lowest BCUT2D eigenvalue weighted by Crippen LogP contribution is -2.19. The average Bonchev–Trinajstić information content (AvgIpc) is 2.83. The van der Waals surface area contributed by atoms with Crippen LogP contribution in [0.15, 0.2) is 27.4 Å². The Labute approximate surface area is 105 Å². The van der Waals surface area contributed by atoms with Crippen molar-refractivity contribution < 1.29 is 4.42 Å². The minimum absolute atomic E-state index is 0.308. The molecular weight excluding hydrogens is 228 g/mol. The quantitative estimate of drug-likeness (QED) is 0.617. The Balaban J connectivity index is 2.22. The molecule has 3 rings (SSSR count). The zero-order chi connectivity index (χ0) is 12.7. The van der Waals surface area contributed by atoms with Crippen LogP contribution in [0, 0.1) is 6.92 Å². The van der Waals surface area contributed by atoms with Gasteiger partial charge in [0.15, 0.2) is 0 Å². The molecule has 0 unspecified atom stereocenters. The maximum atomic E-state index is 11.4. The van der Waals surface area contributed by atoms with Crippen LogP contribution in [0.4, 0.5) is 11.4 Å². The van der Waals surface area contributed by atoms with Gasteiger partial charge in [0, 0.05) is 30.6 Å². The van der Waals surface area contributed by atoms with E-state index < -0.39 is 0 Å². The van der Waals surface area contributed by atoms with Crippen molar-refractivity contribution in [1.29, 1.82) is 0 Å². The molecule has 2 N–H and O–H groups in total. The highest BCUT2D eigenvalue weighted by atomic mass is 16.4. The Kier molecular flexibility index (Phi) is 2.51. The maximum Gasteiger partial charge on any atom is 0.336 e. The molecule has 1 saturated heterocycles. The zero-order valence-corrected chi connectivity index (χ0v) is 10.4. The van der Waals surface area contributed by atoms with E-state index in [2.05, 4.69) is 4.90 Å². The molecule has 0 bridgehead atoms. The maximum absolute atomic E-state index is 11.4. The third-order valence-corrected chi connectivity index (χ3v) is 3.55. The number of nitrogens with two attached hydrogens (primary N) is 1. The molecule has 0 radical (unpaired) electrons. The van der Waals surface area contributed by atoms with E-state index in [-0.39, 0.29) is 5.63 Å². The number of fused-ring (bicyclic) bond motifs is 1. The summed E-state index contributed by atoms with van der Waals surface area (Å²) < 4.78 is 5.26. The number of hydrogen-bond donors (Lipinski definition) is 1. The van der Waals surface area contributed by atoms with Crippen LogP contribution in [-0.4, -0.2) is 13.1 Å². The third-order valence-electron chi connectivity index (χ3n) is 3.55. The highest BCUT2D eigenvalue weighted by Gasteiger charge is 2.16. The second kappa shape index (κ2) is 4.05. The molecule has 1 fully saturated rings. The van der Waals surface area contributed by atoms with E-state index in [0.717, 1.165) is 35.4 Å². The molecule has 1 aliphatic heterocycles. The summed E-state index contributed by atoms with van der Waals surface area (Å²) in [4.78, 5) is 13.7. The first-order valence-electron chi connectivity index (χ1n) is 6.24. The van der Waals surface area contributed by atoms with Crippen molar-refractivity contribution in [2.24, 2.45) is 0 Å². The van der Waals surface area contributed by atoms with Gasteiger partial charge in [0.05, 0.1) is 11.4 Å². The highest BCUT2D eigenvalue weighted by molar-refractivity contribution is 5.90. The van der Waals surface area contributed by atoms with Crippen LogP contribution in [-0.2, 0) is 0 Å². The van der Waals surface area contributed by atoms with Crippen LogP contribution in [0.5, 0.6) is 0 Å². The number of rotatable bonds is 1. The number of nitrogen functional groups attached to an aromatic ring is 1. The minimum atomic E-state index is -0.308. The van der Waals surface area contributed by atoms with Crippen molar-refractivity contribution in [3.05, 3.63) is 34.2 Å². The van der Waals surface area contributed by atoms with Gasteiger partial charge >= 0.3 is 5.63 Å². The van der Waals surface area contributed by atoms with E-state index in [1.54, 1.807) is 0 Å². The molecule has 94 valence electrons. The van der Waals surface area contributed by atoms with Crippen molar-refractivity contribution in [3.63, 3.8) is 0 Å². The first-order valence-corrected chi connectivity index (χ1v) is 6.24. The molecule has 4 heteroatoms. The first-order chi connectivity index (χ1) is 8.65. The number of aryl methyl sites for hydroxylation is 1. The van der Waals surface area contributed by atoms with Crippen LogP contribution in [0.2, 0.25) is 0 Å². The molecule has 2 aromatic rings. The first kappa shape index (κ1) is 11.1. The highest BCUT2D eigenvalue weighted by Crippen LogP contribution is 2.31. The summed E-state index contributed by atoms with van der Waals surface area (Å²) in [6.07, 6.45) is 2.38. The van der Waals surface area contributed by atoms with Crippen molar-refractivity contribution in [1.82, 2.24) is 0 Å². The molecule has 4 nitrogen and oxygen atoms in total. The Hall–Kier alpha value is -1.97. The number of benzene rings is 1. The van der Waals surface area contributed by atoms with E-state index in [1.165, 1.54) is 18.9 Å². The molecule has 0 spiro atoms. The van der Waals surface area contributed by atoms with Crippen LogP contribution in [0.3, 0.4) is 0 Å². The Morgan fingerprint density at radius 2 is 1.94 bits per heavy atom. The zero-order valence-electron chi connectivity index (χ0n) is 10.4. The summed E-state index contributed by atoms with van der Waals surface area (Å²) in [6, 6.07) is 5.29. The van der Waals surface area contributed by atoms with Gasteiger partial charge in [-0.15, -0.1) is 0 Å². The van der Waals surface area contributed by atoms with Gasteiger partial charge in [0.2, 0.25) is 0 Å². The number of nitrogens with zero attached hydrogens (tertiary/aromatic N) is 1. The monoisotopic (exact) mass is 244 g/mol. The largest absolute Gasteiger partial charge is 0.423 e. The van der Waals surface area contributed by atoms with Crippen molar-refractivity contribution in [2.45, 2.75) is 19.8 Å². The van der Waals surface area contributed by atoms with E-state index in [9.17, 15) is 4.79 Å². The average molecular weight is 244 g/mol. The summed E-state index contributed by atoms with van der Waals surface area (Å²) in [5.74, 6) is 0. The van der Waals surface area contributed by atoms with E-state index in [0.29, 0.717) is 5.58 Å². The molecule has 0 amide bonds. The second-order valence-electron chi connectivity index (χ2n) is 4.85. The van der Waals surface area contributed by atoms with Gasteiger partial charge in [0.1, 0.15) is 5.58 Å². The molecule has 0 atom stereocenters. The lowest BCUT2D eigenvalue weighted by Gasteiger charge is -2.20. The molecule has 2 heterocycles. The van der Waals surface area contributed by atoms with Crippen LogP contribution < -0.4 is 16.3 Å². The Bertz CT molecular complexity index is 655. The lowest BCUT2D eigenvalue weighted by atomic mass is 10.1. The van der Waals surface area contributed by atoms with Crippen molar-refractivity contribution in [3.8, 4) is 0 Å². The summed E-state index contributed by atoms with van der Waals surface area (Å²) in [6.45, 7) is 3.94. The summed E-state index contributed by atoms with van der Waals surface area (Å²) in [5.41, 5.74) is 9.06. The molecule has 1 aromatic carbocycles. The van der Waals surface area contributed by atoms with E-state index in [1.807, 2.05) is 19.1 Å². The summed E-state index contributed by atoms with van der Waals surface area (Å²) >= 11 is 0. The van der Waals surface area contributed by atoms with Crippen LogP contribution >= 0.6 is 0 Å². The normalized spacial score (nSPS) is 15.5. The van der Waals surface area contributed by atoms with Gasteiger partial charge in [-0.25, -0.2) is 4.79 Å². The van der Waals surface area contributed by atoms with Gasteiger partial charge in [-0.3, -0.25) is 0 Å². The van der Waals surface area contributed by atoms with Crippen LogP contribution in [0.25, 0.3) is 11.0 Å². The molecular formula is C14H16N2O2. The van der Waals surface area contributed by atoms with Gasteiger partial charge in [-0.2, -0.15) is 0 Å². The molecule has 18 heavy (non-hydrogen) atoms. The topological polar surface area (TPSA) is 59.5 Å². The smallest absolute Gasteiger partial charge is 0.336 e. The van der Waals surface area contributed by atoms with Crippen LogP contribution in [0.1, 0.15) is 18.4 Å². The fraction of sp³-hybridized carbons (Fsp3) is 0.357. The number of anilines is 2. The second-order valence-corrected chi connectivity index (χ2v) is 4.85. The SMILES string of the molecule is Cc1cc(=O)oc2cc(N3CCCC3)c(N)cc12. The molecule has 1 aliphatic rings. The van der Waals surface area contributed by atoms with Crippen molar-refractivity contribution >= 4 is 22.3 Å². The van der Waals surface area contributed by atoms with Gasteiger partial charge < -0.3 is 15.1 Å².